The Balaban J connectivity index is 1.44. The Bertz CT molecular complexity index is 2080. The van der Waals surface area contributed by atoms with Gasteiger partial charge in [0.05, 0.1) is 28.5 Å². The summed E-state index contributed by atoms with van der Waals surface area (Å²) in [5, 5.41) is 0. The molecule has 0 radical (unpaired) electrons. The van der Waals surface area contributed by atoms with Crippen LogP contribution in [0.5, 0.6) is 5.75 Å². The first-order valence-corrected chi connectivity index (χ1v) is 16.0. The number of nitrogens with zero attached hydrogens (tertiary/aromatic N) is 2. The molecular weight excluding hydrogens is 599 g/mol. The number of fused-ring (bicyclic) bond motifs is 1. The number of benzene rings is 4. The van der Waals surface area contributed by atoms with Crippen molar-refractivity contribution in [3.8, 4) is 5.75 Å². The number of hydrogen-bond donors (Lipinski definition) is 0. The van der Waals surface area contributed by atoms with E-state index in [2.05, 4.69) is 13.8 Å². The van der Waals surface area contributed by atoms with E-state index in [1.54, 1.807) is 47.9 Å². The first-order valence-electron chi connectivity index (χ1n) is 15.2. The number of hydrogen-bond acceptors (Lipinski definition) is 6. The third-order valence-electron chi connectivity index (χ3n) is 7.82. The van der Waals surface area contributed by atoms with Crippen molar-refractivity contribution in [3.05, 3.63) is 162 Å². The number of carbonyl (C=O) groups is 1. The van der Waals surface area contributed by atoms with Crippen LogP contribution in [0, 0.1) is 5.82 Å². The summed E-state index contributed by atoms with van der Waals surface area (Å²) >= 11 is 1.27. The van der Waals surface area contributed by atoms with Crippen molar-refractivity contribution in [1.29, 1.82) is 0 Å². The lowest BCUT2D eigenvalue weighted by Crippen LogP contribution is -2.40. The third kappa shape index (κ3) is 6.34. The number of carbonyl (C=O) groups excluding carboxylic acids is 1. The minimum atomic E-state index is -0.733. The summed E-state index contributed by atoms with van der Waals surface area (Å²) in [4.78, 5) is 33.2. The molecule has 0 unspecified atom stereocenters. The molecule has 232 valence electrons. The lowest BCUT2D eigenvalue weighted by molar-refractivity contribution is -0.138. The van der Waals surface area contributed by atoms with Gasteiger partial charge in [0.1, 0.15) is 18.2 Å². The number of ether oxygens (including phenoxy) is 2. The molecule has 0 aliphatic carbocycles. The molecule has 6 nitrogen and oxygen atoms in total. The molecule has 1 aromatic heterocycles. The average Bonchev–Trinajstić information content (AvgIpc) is 3.38. The molecule has 5 aromatic rings. The Morgan fingerprint density at radius 3 is 2.33 bits per heavy atom. The summed E-state index contributed by atoms with van der Waals surface area (Å²) in [6.45, 7) is 6.30. The zero-order chi connectivity index (χ0) is 32.2. The molecule has 0 saturated heterocycles. The van der Waals surface area contributed by atoms with Gasteiger partial charge in [0.2, 0.25) is 0 Å². The Morgan fingerprint density at radius 1 is 0.957 bits per heavy atom. The molecule has 1 aliphatic heterocycles. The van der Waals surface area contributed by atoms with Crippen molar-refractivity contribution in [3.63, 3.8) is 0 Å². The van der Waals surface area contributed by atoms with Crippen LogP contribution < -0.4 is 19.6 Å². The summed E-state index contributed by atoms with van der Waals surface area (Å²) < 4.78 is 27.4. The van der Waals surface area contributed by atoms with E-state index in [0.29, 0.717) is 37.8 Å². The zero-order valence-corrected chi connectivity index (χ0v) is 26.6. The average molecular weight is 633 g/mol. The van der Waals surface area contributed by atoms with Crippen LogP contribution >= 0.6 is 11.3 Å². The molecule has 0 spiro atoms. The molecular formula is C38H33FN2O4S. The van der Waals surface area contributed by atoms with Gasteiger partial charge in [0.25, 0.3) is 5.56 Å². The molecule has 0 N–H and O–H groups in total. The van der Waals surface area contributed by atoms with Gasteiger partial charge in [-0.15, -0.1) is 0 Å². The van der Waals surface area contributed by atoms with Crippen molar-refractivity contribution in [2.75, 3.05) is 6.61 Å². The lowest BCUT2D eigenvalue weighted by Gasteiger charge is -2.26. The van der Waals surface area contributed by atoms with Gasteiger partial charge >= 0.3 is 5.97 Å². The maximum Gasteiger partial charge on any atom is 0.338 e. The Morgan fingerprint density at radius 2 is 1.65 bits per heavy atom. The minimum absolute atomic E-state index is 0.106. The molecule has 0 saturated carbocycles. The first-order chi connectivity index (χ1) is 22.3. The summed E-state index contributed by atoms with van der Waals surface area (Å²) in [6, 6.07) is 30.6. The molecule has 0 amide bonds. The van der Waals surface area contributed by atoms with Crippen molar-refractivity contribution in [1.82, 2.24) is 4.57 Å². The van der Waals surface area contributed by atoms with E-state index >= 15 is 0 Å². The molecule has 4 aromatic carbocycles. The maximum absolute atomic E-state index is 14.2. The minimum Gasteiger partial charge on any atom is -0.489 e. The van der Waals surface area contributed by atoms with Crippen molar-refractivity contribution in [2.24, 2.45) is 4.99 Å². The molecule has 8 heteroatoms. The van der Waals surface area contributed by atoms with Crippen molar-refractivity contribution in [2.45, 2.75) is 39.3 Å². The van der Waals surface area contributed by atoms with Crippen LogP contribution in [0.2, 0.25) is 0 Å². The highest BCUT2D eigenvalue weighted by Crippen LogP contribution is 2.35. The predicted molar refractivity (Wildman–Crippen MR) is 179 cm³/mol. The molecule has 46 heavy (non-hydrogen) atoms. The number of esters is 1. The third-order valence-corrected chi connectivity index (χ3v) is 8.81. The molecule has 1 aliphatic rings. The largest absolute Gasteiger partial charge is 0.489 e. The Labute approximate surface area is 270 Å². The van der Waals surface area contributed by atoms with Gasteiger partial charge in [-0.3, -0.25) is 9.36 Å². The number of thiazole rings is 1. The smallest absolute Gasteiger partial charge is 0.338 e. The number of halogens is 1. The molecule has 6 rings (SSSR count). The zero-order valence-electron chi connectivity index (χ0n) is 25.8. The highest BCUT2D eigenvalue weighted by Gasteiger charge is 2.35. The van der Waals surface area contributed by atoms with E-state index in [1.807, 2.05) is 66.7 Å². The molecule has 1 atom stereocenters. The van der Waals surface area contributed by atoms with Crippen LogP contribution in [0.15, 0.2) is 118 Å². The van der Waals surface area contributed by atoms with Crippen molar-refractivity contribution < 1.29 is 18.7 Å². The standard InChI is InChI=1S/C38H33FN2O4S/c1-4-44-37(43)33-34(27-10-6-5-7-11-27)40-38-41(35(33)28-18-16-26(17-19-28)24(2)3)36(42)32(46-38)22-25-14-20-30(21-15-25)45-23-29-12-8-9-13-31(29)39/h5-22,24,35H,4,23H2,1-3H3/b32-22-/t35-/m1/s1. The van der Waals surface area contributed by atoms with E-state index in [1.165, 1.54) is 17.4 Å². The highest BCUT2D eigenvalue weighted by atomic mass is 32.1. The highest BCUT2D eigenvalue weighted by molar-refractivity contribution is 7.07. The van der Waals surface area contributed by atoms with Gasteiger partial charge in [-0.25, -0.2) is 14.2 Å². The van der Waals surface area contributed by atoms with Crippen LogP contribution in [-0.4, -0.2) is 17.1 Å². The predicted octanol–water partition coefficient (Wildman–Crippen LogP) is 6.78. The maximum atomic E-state index is 14.2. The van der Waals surface area contributed by atoms with Gasteiger partial charge in [-0.1, -0.05) is 110 Å². The van der Waals surface area contributed by atoms with E-state index in [4.69, 9.17) is 14.5 Å². The van der Waals surface area contributed by atoms with Gasteiger partial charge in [-0.05, 0) is 53.8 Å². The van der Waals surface area contributed by atoms with Gasteiger partial charge in [0.15, 0.2) is 4.80 Å². The topological polar surface area (TPSA) is 69.9 Å². The number of aromatic nitrogens is 1. The van der Waals surface area contributed by atoms with Gasteiger partial charge < -0.3 is 9.47 Å². The summed E-state index contributed by atoms with van der Waals surface area (Å²) in [7, 11) is 0. The quantitative estimate of drug-likeness (QED) is 0.168. The fourth-order valence-corrected chi connectivity index (χ4v) is 6.41. The molecule has 0 fully saturated rings. The fraction of sp³-hybridized carbons (Fsp3) is 0.184. The second kappa shape index (κ2) is 13.5. The fourth-order valence-electron chi connectivity index (χ4n) is 5.41. The SMILES string of the molecule is CCOC(=O)C1=C(c2ccccc2)N=c2s/c(=C\c3ccc(OCc4ccccc4F)cc3)c(=O)n2[C@@H]1c1ccc(C(C)C)cc1. The Hall–Kier alpha value is -5.08. The van der Waals surface area contributed by atoms with Crippen LogP contribution in [0.1, 0.15) is 60.5 Å². The monoisotopic (exact) mass is 632 g/mol. The Kier molecular flexibility index (Phi) is 9.08. The van der Waals surface area contributed by atoms with Crippen LogP contribution in [-0.2, 0) is 16.1 Å². The van der Waals surface area contributed by atoms with Crippen LogP contribution in [0.25, 0.3) is 11.8 Å². The normalized spacial score (nSPS) is 14.6. The summed E-state index contributed by atoms with van der Waals surface area (Å²) in [5.74, 6) is 0.0825. The van der Waals surface area contributed by atoms with E-state index < -0.39 is 12.0 Å². The second-order valence-electron chi connectivity index (χ2n) is 11.2. The van der Waals surface area contributed by atoms with E-state index in [0.717, 1.165) is 22.3 Å². The van der Waals surface area contributed by atoms with Crippen LogP contribution in [0.4, 0.5) is 4.39 Å². The number of rotatable bonds is 9. The van der Waals surface area contributed by atoms with Gasteiger partial charge in [0, 0.05) is 11.1 Å². The summed E-state index contributed by atoms with van der Waals surface area (Å²) in [6.07, 6.45) is 1.81. The van der Waals surface area contributed by atoms with E-state index in [-0.39, 0.29) is 24.6 Å². The first kappa shape index (κ1) is 30.9. The molecule has 0 bridgehead atoms. The second-order valence-corrected chi connectivity index (χ2v) is 12.2. The molecule has 2 heterocycles. The van der Waals surface area contributed by atoms with Crippen LogP contribution in [0.3, 0.4) is 0 Å². The lowest BCUT2D eigenvalue weighted by atomic mass is 9.91. The van der Waals surface area contributed by atoms with E-state index in [9.17, 15) is 14.0 Å². The summed E-state index contributed by atoms with van der Waals surface area (Å²) in [5.41, 5.74) is 4.52. The van der Waals surface area contributed by atoms with Crippen molar-refractivity contribution >= 4 is 29.1 Å². The van der Waals surface area contributed by atoms with Gasteiger partial charge in [-0.2, -0.15) is 0 Å².